The lowest BCUT2D eigenvalue weighted by atomic mass is 10.1. The Labute approximate surface area is 172 Å². The Morgan fingerprint density at radius 3 is 2.41 bits per heavy atom. The molecule has 2 amide bonds. The number of pyridine rings is 1. The molecule has 0 aliphatic carbocycles. The van der Waals surface area contributed by atoms with Gasteiger partial charge in [0.25, 0.3) is 5.91 Å². The van der Waals surface area contributed by atoms with E-state index in [4.69, 9.17) is 5.73 Å². The summed E-state index contributed by atoms with van der Waals surface area (Å²) in [6, 6.07) is 11.9. The standard InChI is InChI=1S/C19H24N4O2.2ClH/c1-14(20)9-11-22-19(25)17(12-15-6-5-10-21-13-15)23-18(24)16-7-3-2-4-8-16;;/h2-8,10,13-14,17H,9,11-12,20H2,1H3,(H,22,25)(H,23,24);2*1H. The molecule has 2 atom stereocenters. The van der Waals surface area contributed by atoms with E-state index < -0.39 is 6.04 Å². The number of nitrogens with zero attached hydrogens (tertiary/aromatic N) is 1. The van der Waals surface area contributed by atoms with Crippen molar-refractivity contribution < 1.29 is 9.59 Å². The van der Waals surface area contributed by atoms with E-state index in [2.05, 4.69) is 15.6 Å². The smallest absolute Gasteiger partial charge is 0.251 e. The number of rotatable bonds is 8. The number of carbonyl (C=O) groups excluding carboxylic acids is 2. The molecule has 2 aromatic rings. The molecule has 0 saturated carbocycles. The molecule has 1 aromatic carbocycles. The summed E-state index contributed by atoms with van der Waals surface area (Å²) >= 11 is 0. The maximum atomic E-state index is 12.5. The molecule has 4 N–H and O–H groups in total. The molecule has 6 nitrogen and oxygen atoms in total. The van der Waals surface area contributed by atoms with Gasteiger partial charge in [0.15, 0.2) is 0 Å². The molecule has 0 aliphatic heterocycles. The molecular formula is C19H26Cl2N4O2. The van der Waals surface area contributed by atoms with Gasteiger partial charge in [0, 0.05) is 37.0 Å². The summed E-state index contributed by atoms with van der Waals surface area (Å²) in [5, 5.41) is 5.65. The Bertz CT molecular complexity index is 685. The molecule has 0 fully saturated rings. The van der Waals surface area contributed by atoms with Crippen molar-refractivity contribution in [3.8, 4) is 0 Å². The minimum Gasteiger partial charge on any atom is -0.354 e. The maximum absolute atomic E-state index is 12.5. The number of hydrogen-bond acceptors (Lipinski definition) is 4. The molecular weight excluding hydrogens is 387 g/mol. The van der Waals surface area contributed by atoms with E-state index in [0.29, 0.717) is 24.9 Å². The third-order valence-corrected chi connectivity index (χ3v) is 3.72. The minimum atomic E-state index is -0.676. The SMILES string of the molecule is CC(N)CCNC(=O)C(Cc1cccnc1)NC(=O)c1ccccc1.Cl.Cl. The Balaban J connectivity index is 0.00000338. The summed E-state index contributed by atoms with van der Waals surface area (Å²) in [5.41, 5.74) is 7.10. The summed E-state index contributed by atoms with van der Waals surface area (Å²) in [4.78, 5) is 29.0. The Kier molecular flexibility index (Phi) is 12.0. The molecule has 2 rings (SSSR count). The summed E-state index contributed by atoms with van der Waals surface area (Å²) in [6.45, 7) is 2.36. The fraction of sp³-hybridized carbons (Fsp3) is 0.316. The molecule has 0 saturated heterocycles. The molecule has 0 radical (unpaired) electrons. The molecule has 1 heterocycles. The van der Waals surface area contributed by atoms with Gasteiger partial charge in [0.1, 0.15) is 6.04 Å². The number of halogens is 2. The average Bonchev–Trinajstić information content (AvgIpc) is 2.62. The van der Waals surface area contributed by atoms with Gasteiger partial charge in [0.05, 0.1) is 0 Å². The monoisotopic (exact) mass is 412 g/mol. The van der Waals surface area contributed by atoms with Gasteiger partial charge in [-0.05, 0) is 37.1 Å². The van der Waals surface area contributed by atoms with Gasteiger partial charge in [-0.15, -0.1) is 24.8 Å². The lowest BCUT2D eigenvalue weighted by molar-refractivity contribution is -0.122. The first-order valence-corrected chi connectivity index (χ1v) is 8.34. The van der Waals surface area contributed by atoms with Crippen LogP contribution in [0.3, 0.4) is 0 Å². The molecule has 8 heteroatoms. The van der Waals surface area contributed by atoms with Crippen molar-refractivity contribution in [1.29, 1.82) is 0 Å². The van der Waals surface area contributed by atoms with Gasteiger partial charge in [-0.1, -0.05) is 24.3 Å². The number of carbonyl (C=O) groups is 2. The lowest BCUT2D eigenvalue weighted by Gasteiger charge is -2.19. The molecule has 27 heavy (non-hydrogen) atoms. The van der Waals surface area contributed by atoms with E-state index in [1.165, 1.54) is 0 Å². The second-order valence-corrected chi connectivity index (χ2v) is 6.01. The maximum Gasteiger partial charge on any atom is 0.251 e. The number of nitrogens with one attached hydrogen (secondary N) is 2. The highest BCUT2D eigenvalue weighted by molar-refractivity contribution is 5.97. The van der Waals surface area contributed by atoms with Gasteiger partial charge in [-0.3, -0.25) is 14.6 Å². The van der Waals surface area contributed by atoms with Gasteiger partial charge in [-0.2, -0.15) is 0 Å². The minimum absolute atomic E-state index is 0. The van der Waals surface area contributed by atoms with E-state index in [1.807, 2.05) is 19.1 Å². The van der Waals surface area contributed by atoms with Gasteiger partial charge >= 0.3 is 0 Å². The molecule has 1 aromatic heterocycles. The van der Waals surface area contributed by atoms with Crippen molar-refractivity contribution in [3.63, 3.8) is 0 Å². The van der Waals surface area contributed by atoms with E-state index in [-0.39, 0.29) is 42.7 Å². The van der Waals surface area contributed by atoms with E-state index >= 15 is 0 Å². The Morgan fingerprint density at radius 1 is 1.11 bits per heavy atom. The van der Waals surface area contributed by atoms with Crippen LogP contribution in [0.25, 0.3) is 0 Å². The van der Waals surface area contributed by atoms with E-state index in [0.717, 1.165) is 5.56 Å². The predicted molar refractivity (Wildman–Crippen MR) is 111 cm³/mol. The Hall–Kier alpha value is -2.15. The van der Waals surface area contributed by atoms with Crippen LogP contribution < -0.4 is 16.4 Å². The number of amides is 2. The number of benzene rings is 1. The summed E-state index contributed by atoms with van der Waals surface area (Å²) in [5.74, 6) is -0.509. The summed E-state index contributed by atoms with van der Waals surface area (Å²) in [6.07, 6.45) is 4.41. The molecule has 0 aliphatic rings. The third-order valence-electron chi connectivity index (χ3n) is 3.72. The van der Waals surface area contributed by atoms with Crippen LogP contribution in [0.4, 0.5) is 0 Å². The largest absolute Gasteiger partial charge is 0.354 e. The van der Waals surface area contributed by atoms with Crippen molar-refractivity contribution >= 4 is 36.6 Å². The third kappa shape index (κ3) is 8.86. The topological polar surface area (TPSA) is 97.1 Å². The quantitative estimate of drug-likeness (QED) is 0.618. The summed E-state index contributed by atoms with van der Waals surface area (Å²) in [7, 11) is 0. The van der Waals surface area contributed by atoms with Crippen molar-refractivity contribution in [3.05, 3.63) is 66.0 Å². The normalized spacial score (nSPS) is 11.9. The number of nitrogens with two attached hydrogens (primary N) is 1. The predicted octanol–water partition coefficient (Wildman–Crippen LogP) is 2.12. The van der Waals surface area contributed by atoms with Crippen LogP contribution in [0.2, 0.25) is 0 Å². The highest BCUT2D eigenvalue weighted by atomic mass is 35.5. The van der Waals surface area contributed by atoms with Crippen LogP contribution in [0, 0.1) is 0 Å². The number of aromatic nitrogens is 1. The van der Waals surface area contributed by atoms with Gasteiger partial charge in [-0.25, -0.2) is 0 Å². The highest BCUT2D eigenvalue weighted by Crippen LogP contribution is 2.05. The van der Waals surface area contributed by atoms with Crippen LogP contribution in [0.5, 0.6) is 0 Å². The van der Waals surface area contributed by atoms with Crippen molar-refractivity contribution in [1.82, 2.24) is 15.6 Å². The molecule has 0 spiro atoms. The van der Waals surface area contributed by atoms with E-state index in [1.54, 1.807) is 42.7 Å². The Morgan fingerprint density at radius 2 is 1.81 bits per heavy atom. The van der Waals surface area contributed by atoms with Crippen molar-refractivity contribution in [2.45, 2.75) is 31.8 Å². The van der Waals surface area contributed by atoms with Crippen LogP contribution in [0.1, 0.15) is 29.3 Å². The first-order valence-electron chi connectivity index (χ1n) is 8.34. The summed E-state index contributed by atoms with van der Waals surface area (Å²) < 4.78 is 0. The molecule has 2 unspecified atom stereocenters. The molecule has 0 bridgehead atoms. The first-order chi connectivity index (χ1) is 12.1. The second kappa shape index (κ2) is 13.1. The van der Waals surface area contributed by atoms with Crippen LogP contribution in [-0.4, -0.2) is 35.4 Å². The average molecular weight is 413 g/mol. The van der Waals surface area contributed by atoms with Gasteiger partial charge < -0.3 is 16.4 Å². The molecule has 148 valence electrons. The van der Waals surface area contributed by atoms with Crippen LogP contribution >= 0.6 is 24.8 Å². The van der Waals surface area contributed by atoms with Crippen LogP contribution in [-0.2, 0) is 11.2 Å². The highest BCUT2D eigenvalue weighted by Gasteiger charge is 2.21. The van der Waals surface area contributed by atoms with Crippen molar-refractivity contribution in [2.75, 3.05) is 6.54 Å². The van der Waals surface area contributed by atoms with Crippen LogP contribution in [0.15, 0.2) is 54.9 Å². The van der Waals surface area contributed by atoms with E-state index in [9.17, 15) is 9.59 Å². The second-order valence-electron chi connectivity index (χ2n) is 6.01. The fourth-order valence-corrected chi connectivity index (χ4v) is 2.34. The first kappa shape index (κ1) is 24.8. The fourth-order valence-electron chi connectivity index (χ4n) is 2.34. The number of hydrogen-bond donors (Lipinski definition) is 3. The zero-order valence-electron chi connectivity index (χ0n) is 15.1. The zero-order valence-corrected chi connectivity index (χ0v) is 16.8. The van der Waals surface area contributed by atoms with Gasteiger partial charge in [0.2, 0.25) is 5.91 Å². The van der Waals surface area contributed by atoms with Crippen molar-refractivity contribution in [2.24, 2.45) is 5.73 Å². The zero-order chi connectivity index (χ0) is 18.1. The lowest BCUT2D eigenvalue weighted by Crippen LogP contribution is -2.48.